The van der Waals surface area contributed by atoms with Gasteiger partial charge >= 0.3 is 5.97 Å². The largest absolute Gasteiger partial charge is 0.495 e. The molecule has 0 radical (unpaired) electrons. The Balaban J connectivity index is 3.21. The van der Waals surface area contributed by atoms with Gasteiger partial charge in [0.1, 0.15) is 5.75 Å². The van der Waals surface area contributed by atoms with E-state index in [1.54, 1.807) is 12.1 Å². The Labute approximate surface area is 86.7 Å². The Bertz CT molecular complexity index is 489. The molecular weight excluding hydrogens is 194 g/mol. The number of nitriles is 1. The Morgan fingerprint density at radius 3 is 2.80 bits per heavy atom. The molecule has 1 aromatic carbocycles. The summed E-state index contributed by atoms with van der Waals surface area (Å²) < 4.78 is 4.97. The number of carbonyl (C=O) groups is 1. The molecule has 1 N–H and O–H groups in total. The molecule has 0 aliphatic heterocycles. The van der Waals surface area contributed by atoms with Crippen LogP contribution in [0.4, 0.5) is 0 Å². The maximum Gasteiger partial charge on any atom is 0.382 e. The van der Waals surface area contributed by atoms with Crippen molar-refractivity contribution in [1.29, 1.82) is 5.26 Å². The molecule has 0 unspecified atom stereocenters. The van der Waals surface area contributed by atoms with Gasteiger partial charge in [-0.1, -0.05) is 5.92 Å². The standard InChI is InChI=1S/C11H7NO3/c1-15-10-4-2-8(7-12)6-9(10)3-5-11(13)14/h2,4,6H,1H3,(H,13,14). The van der Waals surface area contributed by atoms with Crippen molar-refractivity contribution in [2.75, 3.05) is 7.11 Å². The van der Waals surface area contributed by atoms with E-state index in [9.17, 15) is 4.79 Å². The van der Waals surface area contributed by atoms with Crippen molar-refractivity contribution < 1.29 is 14.6 Å². The topological polar surface area (TPSA) is 70.3 Å². The van der Waals surface area contributed by atoms with Crippen LogP contribution in [-0.2, 0) is 4.79 Å². The molecule has 0 atom stereocenters. The fraction of sp³-hybridized carbons (Fsp3) is 0.0909. The molecule has 0 fully saturated rings. The molecule has 0 aromatic heterocycles. The molecular formula is C11H7NO3. The van der Waals surface area contributed by atoms with Crippen LogP contribution in [0.1, 0.15) is 11.1 Å². The molecule has 0 heterocycles. The highest BCUT2D eigenvalue weighted by molar-refractivity contribution is 5.87. The molecule has 0 saturated heterocycles. The zero-order chi connectivity index (χ0) is 11.3. The second-order valence-electron chi connectivity index (χ2n) is 2.58. The van der Waals surface area contributed by atoms with E-state index in [1.807, 2.05) is 12.0 Å². The van der Waals surface area contributed by atoms with E-state index >= 15 is 0 Å². The van der Waals surface area contributed by atoms with Crippen LogP contribution in [0.5, 0.6) is 5.75 Å². The van der Waals surface area contributed by atoms with E-state index in [0.717, 1.165) is 0 Å². The number of carboxylic acid groups (broad SMARTS) is 1. The van der Waals surface area contributed by atoms with E-state index in [4.69, 9.17) is 15.1 Å². The van der Waals surface area contributed by atoms with Crippen LogP contribution >= 0.6 is 0 Å². The molecule has 0 aliphatic rings. The van der Waals surface area contributed by atoms with Crippen molar-refractivity contribution in [1.82, 2.24) is 0 Å². The average molecular weight is 201 g/mol. The summed E-state index contributed by atoms with van der Waals surface area (Å²) in [6.45, 7) is 0. The van der Waals surface area contributed by atoms with Crippen molar-refractivity contribution >= 4 is 5.97 Å². The van der Waals surface area contributed by atoms with E-state index in [-0.39, 0.29) is 0 Å². The number of hydrogen-bond donors (Lipinski definition) is 1. The lowest BCUT2D eigenvalue weighted by Crippen LogP contribution is -1.91. The zero-order valence-electron chi connectivity index (χ0n) is 7.94. The van der Waals surface area contributed by atoms with E-state index in [0.29, 0.717) is 16.9 Å². The molecule has 1 rings (SSSR count). The van der Waals surface area contributed by atoms with E-state index in [2.05, 4.69) is 5.92 Å². The predicted octanol–water partition coefficient (Wildman–Crippen LogP) is 1.00. The van der Waals surface area contributed by atoms with Crippen molar-refractivity contribution in [2.24, 2.45) is 0 Å². The Kier molecular flexibility index (Phi) is 3.32. The quantitative estimate of drug-likeness (QED) is 0.688. The maximum atomic E-state index is 10.2. The lowest BCUT2D eigenvalue weighted by atomic mass is 10.1. The summed E-state index contributed by atoms with van der Waals surface area (Å²) in [5.74, 6) is 3.60. The summed E-state index contributed by atoms with van der Waals surface area (Å²) in [4.78, 5) is 10.2. The molecule has 15 heavy (non-hydrogen) atoms. The highest BCUT2D eigenvalue weighted by Gasteiger charge is 2.01. The number of benzene rings is 1. The molecule has 4 heteroatoms. The van der Waals surface area contributed by atoms with Gasteiger partial charge < -0.3 is 9.84 Å². The minimum atomic E-state index is -1.22. The van der Waals surface area contributed by atoms with E-state index in [1.165, 1.54) is 13.2 Å². The zero-order valence-corrected chi connectivity index (χ0v) is 7.94. The lowest BCUT2D eigenvalue weighted by Gasteiger charge is -2.02. The summed E-state index contributed by atoms with van der Waals surface area (Å²) in [5, 5.41) is 17.0. The van der Waals surface area contributed by atoms with Crippen molar-refractivity contribution in [2.45, 2.75) is 0 Å². The molecule has 1 aromatic rings. The third-order valence-electron chi connectivity index (χ3n) is 1.63. The first kappa shape index (κ1) is 10.6. The van der Waals surface area contributed by atoms with Gasteiger partial charge in [-0.15, -0.1) is 0 Å². The van der Waals surface area contributed by atoms with Gasteiger partial charge in [-0.3, -0.25) is 0 Å². The number of aliphatic carboxylic acids is 1. The van der Waals surface area contributed by atoms with Gasteiger partial charge in [-0.25, -0.2) is 4.79 Å². The van der Waals surface area contributed by atoms with Crippen LogP contribution in [-0.4, -0.2) is 18.2 Å². The Morgan fingerprint density at radius 1 is 1.53 bits per heavy atom. The number of ether oxygens (including phenoxy) is 1. The van der Waals surface area contributed by atoms with Crippen LogP contribution in [0.3, 0.4) is 0 Å². The SMILES string of the molecule is COc1ccc(C#N)cc1C#CC(=O)O. The number of hydrogen-bond acceptors (Lipinski definition) is 3. The summed E-state index contributed by atoms with van der Waals surface area (Å²) in [6, 6.07) is 6.56. The Hall–Kier alpha value is -2.46. The molecule has 0 bridgehead atoms. The number of methoxy groups -OCH3 is 1. The molecule has 0 spiro atoms. The average Bonchev–Trinajstić information content (AvgIpc) is 2.25. The highest BCUT2D eigenvalue weighted by Crippen LogP contribution is 2.18. The van der Waals surface area contributed by atoms with Crippen LogP contribution < -0.4 is 4.74 Å². The fourth-order valence-corrected chi connectivity index (χ4v) is 0.996. The minimum Gasteiger partial charge on any atom is -0.495 e. The summed E-state index contributed by atoms with van der Waals surface area (Å²) in [7, 11) is 1.45. The molecule has 0 saturated carbocycles. The van der Waals surface area contributed by atoms with Gasteiger partial charge in [-0.05, 0) is 18.2 Å². The number of carboxylic acids is 1. The van der Waals surface area contributed by atoms with Crippen molar-refractivity contribution in [3.05, 3.63) is 29.3 Å². The van der Waals surface area contributed by atoms with Crippen LogP contribution in [0.15, 0.2) is 18.2 Å². The summed E-state index contributed by atoms with van der Waals surface area (Å²) in [5.41, 5.74) is 0.796. The Morgan fingerprint density at radius 2 is 2.27 bits per heavy atom. The van der Waals surface area contributed by atoms with Gasteiger partial charge in [0.15, 0.2) is 0 Å². The fourth-order valence-electron chi connectivity index (χ4n) is 0.996. The number of nitrogens with zero attached hydrogens (tertiary/aromatic N) is 1. The van der Waals surface area contributed by atoms with Gasteiger partial charge in [0, 0.05) is 5.92 Å². The second-order valence-corrected chi connectivity index (χ2v) is 2.58. The monoisotopic (exact) mass is 201 g/mol. The van der Waals surface area contributed by atoms with E-state index < -0.39 is 5.97 Å². The second kappa shape index (κ2) is 4.69. The third-order valence-corrected chi connectivity index (χ3v) is 1.63. The highest BCUT2D eigenvalue weighted by atomic mass is 16.5. The third kappa shape index (κ3) is 2.75. The van der Waals surface area contributed by atoms with Gasteiger partial charge in [-0.2, -0.15) is 5.26 Å². The predicted molar refractivity (Wildman–Crippen MR) is 52.2 cm³/mol. The number of rotatable bonds is 1. The van der Waals surface area contributed by atoms with Crippen LogP contribution in [0.25, 0.3) is 0 Å². The first-order chi connectivity index (χ1) is 7.17. The molecule has 0 amide bonds. The van der Waals surface area contributed by atoms with Crippen LogP contribution in [0, 0.1) is 23.2 Å². The summed E-state index contributed by atoms with van der Waals surface area (Å²) >= 11 is 0. The van der Waals surface area contributed by atoms with Crippen LogP contribution in [0.2, 0.25) is 0 Å². The van der Waals surface area contributed by atoms with Gasteiger partial charge in [0.05, 0.1) is 24.3 Å². The first-order valence-corrected chi connectivity index (χ1v) is 4.00. The van der Waals surface area contributed by atoms with Crippen molar-refractivity contribution in [3.63, 3.8) is 0 Å². The normalized spacial score (nSPS) is 8.27. The molecule has 74 valence electrons. The summed E-state index contributed by atoms with van der Waals surface area (Å²) in [6.07, 6.45) is 0. The first-order valence-electron chi connectivity index (χ1n) is 4.00. The van der Waals surface area contributed by atoms with Gasteiger partial charge in [0.2, 0.25) is 0 Å². The lowest BCUT2D eigenvalue weighted by molar-refractivity contribution is -0.130. The molecule has 0 aliphatic carbocycles. The minimum absolute atomic E-state index is 0.388. The van der Waals surface area contributed by atoms with Gasteiger partial charge in [0.25, 0.3) is 0 Å². The smallest absolute Gasteiger partial charge is 0.382 e. The van der Waals surface area contributed by atoms with Crippen molar-refractivity contribution in [3.8, 4) is 23.7 Å². The molecule has 4 nitrogen and oxygen atoms in total. The maximum absolute atomic E-state index is 10.2.